The molecule has 0 saturated heterocycles. The zero-order valence-electron chi connectivity index (χ0n) is 8.65. The Morgan fingerprint density at radius 3 is 2.13 bits per heavy atom. The van der Waals surface area contributed by atoms with Gasteiger partial charge in [-0.25, -0.2) is 0 Å². The Labute approximate surface area is 116 Å². The smallest absolute Gasteiger partial charge is 0.0630 e. The quantitative estimate of drug-likeness (QED) is 0.823. The van der Waals surface area contributed by atoms with Gasteiger partial charge >= 0.3 is 0 Å². The number of hydrogen-bond acceptors (Lipinski definition) is 2. The molecule has 0 radical (unpaired) electrons. The molecule has 1 N–H and O–H groups in total. The van der Waals surface area contributed by atoms with Crippen LogP contribution in [0.2, 0.25) is 0 Å². The largest absolute Gasteiger partial charge is 0.382 e. The maximum Gasteiger partial charge on any atom is 0.0630 e. The minimum Gasteiger partial charge on any atom is -0.382 e. The number of likely N-dealkylation sites (N-methyl/N-ethyl adjacent to an activating group) is 1. The highest BCUT2D eigenvalue weighted by molar-refractivity contribution is 9.11. The first-order valence-electron chi connectivity index (χ1n) is 4.54. The highest BCUT2D eigenvalue weighted by Crippen LogP contribution is 2.34. The van der Waals surface area contributed by atoms with Crippen LogP contribution in [0.4, 0.5) is 5.69 Å². The van der Waals surface area contributed by atoms with E-state index in [-0.39, 0.29) is 0 Å². The Morgan fingerprint density at radius 2 is 1.67 bits per heavy atom. The monoisotopic (exact) mass is 398 g/mol. The molecular formula is C10H13Br3N2. The van der Waals surface area contributed by atoms with Crippen molar-refractivity contribution in [3.8, 4) is 0 Å². The summed E-state index contributed by atoms with van der Waals surface area (Å²) in [5, 5.41) is 3.38. The molecule has 2 nitrogen and oxygen atoms in total. The lowest BCUT2D eigenvalue weighted by atomic mass is 10.3. The second-order valence-electron chi connectivity index (χ2n) is 3.47. The first-order chi connectivity index (χ1) is 7.00. The Bertz CT molecular complexity index is 316. The molecule has 0 spiro atoms. The van der Waals surface area contributed by atoms with Crippen molar-refractivity contribution in [3.63, 3.8) is 0 Å². The van der Waals surface area contributed by atoms with Crippen LogP contribution in [-0.4, -0.2) is 32.1 Å². The molecule has 0 unspecified atom stereocenters. The van der Waals surface area contributed by atoms with Crippen LogP contribution in [0, 0.1) is 0 Å². The Hall–Kier alpha value is 0.420. The standard InChI is InChI=1S/C10H13Br3N2/c1-15(2)4-3-14-10-8(12)5-7(11)6-9(10)13/h5-6,14H,3-4H2,1-2H3. The van der Waals surface area contributed by atoms with Crippen molar-refractivity contribution in [3.05, 3.63) is 25.6 Å². The Morgan fingerprint density at radius 1 is 1.13 bits per heavy atom. The van der Waals surface area contributed by atoms with E-state index in [4.69, 9.17) is 0 Å². The van der Waals surface area contributed by atoms with Gasteiger partial charge in [0.05, 0.1) is 5.69 Å². The van der Waals surface area contributed by atoms with Crippen molar-refractivity contribution in [1.29, 1.82) is 0 Å². The number of halogens is 3. The summed E-state index contributed by atoms with van der Waals surface area (Å²) in [6.07, 6.45) is 0. The van der Waals surface area contributed by atoms with Crippen LogP contribution in [0.1, 0.15) is 0 Å². The van der Waals surface area contributed by atoms with Crippen molar-refractivity contribution in [2.24, 2.45) is 0 Å². The van der Waals surface area contributed by atoms with Crippen molar-refractivity contribution in [1.82, 2.24) is 4.90 Å². The van der Waals surface area contributed by atoms with Gasteiger partial charge in [0.25, 0.3) is 0 Å². The fourth-order valence-corrected chi connectivity index (χ4v) is 3.65. The molecular weight excluding hydrogens is 388 g/mol. The van der Waals surface area contributed by atoms with Crippen LogP contribution in [0.25, 0.3) is 0 Å². The second-order valence-corrected chi connectivity index (χ2v) is 6.10. The lowest BCUT2D eigenvalue weighted by Crippen LogP contribution is -2.21. The minimum absolute atomic E-state index is 0.922. The van der Waals surface area contributed by atoms with Crippen molar-refractivity contribution < 1.29 is 0 Å². The molecule has 0 aliphatic heterocycles. The number of benzene rings is 1. The SMILES string of the molecule is CN(C)CCNc1c(Br)cc(Br)cc1Br. The van der Waals surface area contributed by atoms with Crippen LogP contribution in [0.3, 0.4) is 0 Å². The third-order valence-electron chi connectivity index (χ3n) is 1.87. The summed E-state index contributed by atoms with van der Waals surface area (Å²) < 4.78 is 3.17. The van der Waals surface area contributed by atoms with E-state index in [9.17, 15) is 0 Å². The second kappa shape index (κ2) is 6.23. The van der Waals surface area contributed by atoms with Gasteiger partial charge in [0.15, 0.2) is 0 Å². The molecule has 0 amide bonds. The third-order valence-corrected chi connectivity index (χ3v) is 3.58. The van der Waals surface area contributed by atoms with E-state index in [1.165, 1.54) is 0 Å². The van der Waals surface area contributed by atoms with Gasteiger partial charge in [-0.1, -0.05) is 15.9 Å². The average Bonchev–Trinajstić information content (AvgIpc) is 2.08. The Kier molecular flexibility index (Phi) is 5.60. The van der Waals surface area contributed by atoms with Crippen LogP contribution in [-0.2, 0) is 0 Å². The summed E-state index contributed by atoms with van der Waals surface area (Å²) >= 11 is 10.5. The summed E-state index contributed by atoms with van der Waals surface area (Å²) in [6.45, 7) is 1.93. The first-order valence-corrected chi connectivity index (χ1v) is 6.91. The molecule has 0 aliphatic rings. The van der Waals surface area contributed by atoms with E-state index in [2.05, 4.69) is 72.1 Å². The van der Waals surface area contributed by atoms with Gasteiger partial charge in [-0.15, -0.1) is 0 Å². The number of nitrogens with zero attached hydrogens (tertiary/aromatic N) is 1. The van der Waals surface area contributed by atoms with Crippen LogP contribution < -0.4 is 5.32 Å². The van der Waals surface area contributed by atoms with E-state index in [1.54, 1.807) is 0 Å². The minimum atomic E-state index is 0.922. The number of hydrogen-bond donors (Lipinski definition) is 1. The normalized spacial score (nSPS) is 10.8. The van der Waals surface area contributed by atoms with Gasteiger partial charge in [-0.2, -0.15) is 0 Å². The third kappa shape index (κ3) is 4.43. The zero-order valence-corrected chi connectivity index (χ0v) is 13.4. The molecule has 84 valence electrons. The van der Waals surface area contributed by atoms with Gasteiger partial charge < -0.3 is 10.2 Å². The molecule has 0 aromatic heterocycles. The summed E-state index contributed by atoms with van der Waals surface area (Å²) in [7, 11) is 4.13. The molecule has 5 heteroatoms. The highest BCUT2D eigenvalue weighted by Gasteiger charge is 2.05. The molecule has 1 aromatic carbocycles. The number of nitrogens with one attached hydrogen (secondary N) is 1. The molecule has 15 heavy (non-hydrogen) atoms. The lowest BCUT2D eigenvalue weighted by molar-refractivity contribution is 0.425. The average molecular weight is 401 g/mol. The van der Waals surface area contributed by atoms with E-state index < -0.39 is 0 Å². The van der Waals surface area contributed by atoms with Crippen LogP contribution >= 0.6 is 47.8 Å². The summed E-state index contributed by atoms with van der Waals surface area (Å²) in [6, 6.07) is 4.06. The summed E-state index contributed by atoms with van der Waals surface area (Å²) in [4.78, 5) is 2.15. The predicted molar refractivity (Wildman–Crippen MR) is 76.6 cm³/mol. The van der Waals surface area contributed by atoms with E-state index in [1.807, 2.05) is 12.1 Å². The Balaban J connectivity index is 2.68. The molecule has 0 bridgehead atoms. The van der Waals surface area contributed by atoms with Gasteiger partial charge in [-0.3, -0.25) is 0 Å². The summed E-state index contributed by atoms with van der Waals surface area (Å²) in [5.74, 6) is 0. The van der Waals surface area contributed by atoms with Crippen molar-refractivity contribution >= 4 is 53.5 Å². The van der Waals surface area contributed by atoms with Crippen molar-refractivity contribution in [2.75, 3.05) is 32.5 Å². The molecule has 0 heterocycles. The van der Waals surface area contributed by atoms with Gasteiger partial charge in [0, 0.05) is 26.5 Å². The molecule has 1 rings (SSSR count). The van der Waals surface area contributed by atoms with Crippen LogP contribution in [0.5, 0.6) is 0 Å². The van der Waals surface area contributed by atoms with E-state index >= 15 is 0 Å². The predicted octanol–water partition coefficient (Wildman–Crippen LogP) is 3.95. The fourth-order valence-electron chi connectivity index (χ4n) is 1.12. The first kappa shape index (κ1) is 13.5. The van der Waals surface area contributed by atoms with E-state index in [0.29, 0.717) is 0 Å². The topological polar surface area (TPSA) is 15.3 Å². The molecule has 0 aliphatic carbocycles. The molecule has 0 saturated carbocycles. The highest BCUT2D eigenvalue weighted by atomic mass is 79.9. The van der Waals surface area contributed by atoms with E-state index in [0.717, 1.165) is 32.2 Å². The van der Waals surface area contributed by atoms with Crippen LogP contribution in [0.15, 0.2) is 25.6 Å². The maximum atomic E-state index is 3.53. The molecule has 1 aromatic rings. The van der Waals surface area contributed by atoms with Gasteiger partial charge in [-0.05, 0) is 58.1 Å². The molecule has 0 atom stereocenters. The zero-order chi connectivity index (χ0) is 11.4. The number of anilines is 1. The van der Waals surface area contributed by atoms with Gasteiger partial charge in [0.2, 0.25) is 0 Å². The van der Waals surface area contributed by atoms with Gasteiger partial charge in [0.1, 0.15) is 0 Å². The lowest BCUT2D eigenvalue weighted by Gasteiger charge is -2.14. The number of rotatable bonds is 4. The maximum absolute atomic E-state index is 3.53. The fraction of sp³-hybridized carbons (Fsp3) is 0.400. The van der Waals surface area contributed by atoms with Crippen molar-refractivity contribution in [2.45, 2.75) is 0 Å². The molecule has 0 fully saturated rings. The summed E-state index contributed by atoms with van der Waals surface area (Å²) in [5.41, 5.74) is 1.10.